The Bertz CT molecular complexity index is 591. The van der Waals surface area contributed by atoms with Crippen LogP contribution in [0.2, 0.25) is 5.02 Å². The van der Waals surface area contributed by atoms with Gasteiger partial charge in [0.1, 0.15) is 11.3 Å². The maximum Gasteiger partial charge on any atom is 0.124 e. The predicted octanol–water partition coefficient (Wildman–Crippen LogP) is 4.39. The van der Waals surface area contributed by atoms with E-state index in [1.165, 1.54) is 12.8 Å². The minimum Gasteiger partial charge on any atom is -0.378 e. The van der Waals surface area contributed by atoms with Crippen LogP contribution in [0.3, 0.4) is 0 Å². The van der Waals surface area contributed by atoms with Crippen molar-refractivity contribution in [2.24, 2.45) is 0 Å². The predicted molar refractivity (Wildman–Crippen MR) is 82.5 cm³/mol. The lowest BCUT2D eigenvalue weighted by Crippen LogP contribution is -2.21. The van der Waals surface area contributed by atoms with Crippen LogP contribution in [-0.2, 0) is 17.2 Å². The summed E-state index contributed by atoms with van der Waals surface area (Å²) in [5.74, 6) is 1.28. The summed E-state index contributed by atoms with van der Waals surface area (Å²) in [7, 11) is 0. The van der Waals surface area contributed by atoms with Crippen molar-refractivity contribution in [1.29, 1.82) is 0 Å². The summed E-state index contributed by atoms with van der Waals surface area (Å²) in [6, 6.07) is 5.87. The molecule has 108 valence electrons. The Morgan fingerprint density at radius 2 is 2.25 bits per heavy atom. The highest BCUT2D eigenvalue weighted by Crippen LogP contribution is 2.26. The molecule has 1 unspecified atom stereocenters. The first-order valence-corrected chi connectivity index (χ1v) is 8.02. The molecule has 0 saturated carbocycles. The van der Waals surface area contributed by atoms with E-state index in [0.717, 1.165) is 42.9 Å². The molecule has 20 heavy (non-hydrogen) atoms. The van der Waals surface area contributed by atoms with E-state index >= 15 is 0 Å². The van der Waals surface area contributed by atoms with Gasteiger partial charge in [0.15, 0.2) is 0 Å². The van der Waals surface area contributed by atoms with E-state index < -0.39 is 0 Å². The van der Waals surface area contributed by atoms with Gasteiger partial charge in [-0.3, -0.25) is 0 Å². The zero-order valence-corrected chi connectivity index (χ0v) is 12.8. The number of halogens is 2. The molecular weight excluding hydrogens is 295 g/mol. The van der Waals surface area contributed by atoms with E-state index in [4.69, 9.17) is 27.9 Å². The summed E-state index contributed by atoms with van der Waals surface area (Å²) in [6.07, 6.45) is 4.98. The first-order chi connectivity index (χ1) is 9.79. The van der Waals surface area contributed by atoms with Gasteiger partial charge in [0.25, 0.3) is 0 Å². The van der Waals surface area contributed by atoms with Crippen molar-refractivity contribution in [2.75, 3.05) is 6.61 Å². The number of imidazole rings is 1. The second-order valence-electron chi connectivity index (χ2n) is 5.20. The number of aromatic nitrogens is 2. The van der Waals surface area contributed by atoms with Gasteiger partial charge in [0.05, 0.1) is 22.5 Å². The van der Waals surface area contributed by atoms with Crippen molar-refractivity contribution < 1.29 is 4.74 Å². The molecule has 3 nitrogen and oxygen atoms in total. The van der Waals surface area contributed by atoms with Gasteiger partial charge in [-0.25, -0.2) is 4.98 Å². The highest BCUT2D eigenvalue weighted by atomic mass is 35.5. The summed E-state index contributed by atoms with van der Waals surface area (Å²) in [5.41, 5.74) is 1.90. The van der Waals surface area contributed by atoms with Crippen LogP contribution in [0.5, 0.6) is 0 Å². The molecule has 1 saturated heterocycles. The molecule has 2 heterocycles. The van der Waals surface area contributed by atoms with Crippen LogP contribution >= 0.6 is 23.2 Å². The molecule has 0 spiro atoms. The normalized spacial score (nSPS) is 19.6. The number of ether oxygens (including phenoxy) is 1. The first-order valence-electron chi connectivity index (χ1n) is 7.11. The summed E-state index contributed by atoms with van der Waals surface area (Å²) in [6.45, 7) is 1.77. The third-order valence-corrected chi connectivity index (χ3v) is 4.42. The molecule has 1 aromatic heterocycles. The largest absolute Gasteiger partial charge is 0.378 e. The number of fused-ring (bicyclic) bond motifs is 1. The Balaban J connectivity index is 1.84. The second-order valence-corrected chi connectivity index (χ2v) is 5.87. The SMILES string of the molecule is ClCc1nc2c(Cl)cccc2n1CCC1CCCCO1. The Kier molecular flexibility index (Phi) is 4.49. The van der Waals surface area contributed by atoms with E-state index in [0.29, 0.717) is 17.0 Å². The van der Waals surface area contributed by atoms with Crippen molar-refractivity contribution in [3.8, 4) is 0 Å². The number of rotatable bonds is 4. The van der Waals surface area contributed by atoms with Gasteiger partial charge in [-0.1, -0.05) is 17.7 Å². The lowest BCUT2D eigenvalue weighted by atomic mass is 10.1. The van der Waals surface area contributed by atoms with E-state index in [2.05, 4.69) is 9.55 Å². The number of hydrogen-bond donors (Lipinski definition) is 0. The Morgan fingerprint density at radius 1 is 1.35 bits per heavy atom. The summed E-state index contributed by atoms with van der Waals surface area (Å²) in [4.78, 5) is 4.55. The maximum absolute atomic E-state index is 6.20. The molecular formula is C15H18Cl2N2O. The van der Waals surface area contributed by atoms with Crippen LogP contribution in [0.25, 0.3) is 11.0 Å². The molecule has 5 heteroatoms. The molecule has 3 rings (SSSR count). The number of para-hydroxylation sites is 1. The van der Waals surface area contributed by atoms with Gasteiger partial charge >= 0.3 is 0 Å². The van der Waals surface area contributed by atoms with Crippen LogP contribution in [0.4, 0.5) is 0 Å². The van der Waals surface area contributed by atoms with Gasteiger partial charge in [-0.05, 0) is 37.8 Å². The van der Waals surface area contributed by atoms with Crippen molar-refractivity contribution in [2.45, 2.75) is 44.2 Å². The van der Waals surface area contributed by atoms with Gasteiger partial charge in [-0.15, -0.1) is 11.6 Å². The van der Waals surface area contributed by atoms with Crippen LogP contribution in [0.1, 0.15) is 31.5 Å². The minimum atomic E-state index is 0.364. The van der Waals surface area contributed by atoms with Gasteiger partial charge in [-0.2, -0.15) is 0 Å². The van der Waals surface area contributed by atoms with Crippen LogP contribution < -0.4 is 0 Å². The molecule has 1 atom stereocenters. The lowest BCUT2D eigenvalue weighted by Gasteiger charge is -2.23. The monoisotopic (exact) mass is 312 g/mol. The standard InChI is InChI=1S/C15H18Cl2N2O/c16-10-14-18-15-12(17)5-3-6-13(15)19(14)8-7-11-4-1-2-9-20-11/h3,5-6,11H,1-2,4,7-10H2. The zero-order chi connectivity index (χ0) is 13.9. The molecule has 1 aromatic carbocycles. The average molecular weight is 313 g/mol. The third kappa shape index (κ3) is 2.80. The molecule has 2 aromatic rings. The first kappa shape index (κ1) is 14.2. The Hall–Kier alpha value is -0.770. The number of nitrogens with zero attached hydrogens (tertiary/aromatic N) is 2. The number of aryl methyl sites for hydroxylation is 1. The van der Waals surface area contributed by atoms with E-state index in [1.807, 2.05) is 18.2 Å². The van der Waals surface area contributed by atoms with Crippen LogP contribution in [0.15, 0.2) is 18.2 Å². The van der Waals surface area contributed by atoms with E-state index in [-0.39, 0.29) is 0 Å². The quantitative estimate of drug-likeness (QED) is 0.783. The van der Waals surface area contributed by atoms with E-state index in [9.17, 15) is 0 Å². The molecule has 1 aliphatic rings. The number of hydrogen-bond acceptors (Lipinski definition) is 2. The van der Waals surface area contributed by atoms with Crippen LogP contribution in [0, 0.1) is 0 Å². The lowest BCUT2D eigenvalue weighted by molar-refractivity contribution is 0.00889. The number of benzene rings is 1. The summed E-state index contributed by atoms with van der Waals surface area (Å²) < 4.78 is 7.97. The summed E-state index contributed by atoms with van der Waals surface area (Å²) >= 11 is 12.2. The zero-order valence-electron chi connectivity index (χ0n) is 11.3. The van der Waals surface area contributed by atoms with Crippen molar-refractivity contribution in [1.82, 2.24) is 9.55 Å². The molecule has 0 radical (unpaired) electrons. The molecule has 1 aliphatic heterocycles. The molecule has 0 aliphatic carbocycles. The Morgan fingerprint density at radius 3 is 3.00 bits per heavy atom. The van der Waals surface area contributed by atoms with Gasteiger partial charge < -0.3 is 9.30 Å². The topological polar surface area (TPSA) is 27.1 Å². The van der Waals surface area contributed by atoms with Crippen LogP contribution in [-0.4, -0.2) is 22.3 Å². The average Bonchev–Trinajstić information content (AvgIpc) is 2.85. The highest BCUT2D eigenvalue weighted by molar-refractivity contribution is 6.35. The van der Waals surface area contributed by atoms with Crippen molar-refractivity contribution in [3.05, 3.63) is 29.0 Å². The van der Waals surface area contributed by atoms with Gasteiger partial charge in [0, 0.05) is 13.2 Å². The highest BCUT2D eigenvalue weighted by Gasteiger charge is 2.16. The second kappa shape index (κ2) is 6.33. The van der Waals surface area contributed by atoms with Gasteiger partial charge in [0.2, 0.25) is 0 Å². The fourth-order valence-electron chi connectivity index (χ4n) is 2.82. The maximum atomic E-state index is 6.20. The Labute approximate surface area is 128 Å². The molecule has 0 bridgehead atoms. The fourth-order valence-corrected chi connectivity index (χ4v) is 3.24. The minimum absolute atomic E-state index is 0.364. The number of alkyl halides is 1. The van der Waals surface area contributed by atoms with Crippen molar-refractivity contribution >= 4 is 34.2 Å². The summed E-state index contributed by atoms with van der Waals surface area (Å²) in [5, 5.41) is 0.682. The molecule has 1 fully saturated rings. The smallest absolute Gasteiger partial charge is 0.124 e. The molecule has 0 N–H and O–H groups in total. The molecule has 0 amide bonds. The van der Waals surface area contributed by atoms with E-state index in [1.54, 1.807) is 0 Å². The van der Waals surface area contributed by atoms with Crippen molar-refractivity contribution in [3.63, 3.8) is 0 Å². The fraction of sp³-hybridized carbons (Fsp3) is 0.533. The third-order valence-electron chi connectivity index (χ3n) is 3.88.